The van der Waals surface area contributed by atoms with E-state index in [2.05, 4.69) is 27.5 Å². The van der Waals surface area contributed by atoms with Gasteiger partial charge in [-0.1, -0.05) is 19.8 Å². The zero-order valence-corrected chi connectivity index (χ0v) is 23.1. The van der Waals surface area contributed by atoms with Crippen molar-refractivity contribution >= 4 is 40.2 Å². The summed E-state index contributed by atoms with van der Waals surface area (Å²) in [5.41, 5.74) is 21.6. The Balaban J connectivity index is 1.75. The van der Waals surface area contributed by atoms with Gasteiger partial charge in [-0.3, -0.25) is 19.5 Å². The molecule has 4 rings (SSSR count). The predicted octanol–water partition coefficient (Wildman–Crippen LogP) is 3.89. The van der Waals surface area contributed by atoms with E-state index in [-0.39, 0.29) is 17.3 Å². The molecular formula is C28H36N8O4. The molecule has 4 aromatic rings. The van der Waals surface area contributed by atoms with E-state index < -0.39 is 24.2 Å². The Morgan fingerprint density at radius 1 is 1.15 bits per heavy atom. The molecule has 0 fully saturated rings. The number of nitrogens with one attached hydrogen (secondary N) is 2. The highest BCUT2D eigenvalue weighted by Crippen LogP contribution is 2.32. The van der Waals surface area contributed by atoms with E-state index in [0.29, 0.717) is 46.0 Å². The highest BCUT2D eigenvalue weighted by Gasteiger charge is 2.25. The molecule has 0 saturated heterocycles. The third-order valence-corrected chi connectivity index (χ3v) is 6.68. The first-order valence-electron chi connectivity index (χ1n) is 13.2. The van der Waals surface area contributed by atoms with Gasteiger partial charge < -0.3 is 32.0 Å². The SMILES string of the molecule is CCCCCc1nc(C)oc1C(=O)Nc1nc2cc(C(N)O)cc(C)c2n1C(C)Nc1ccc(C(N)=O)cc1N. The zero-order chi connectivity index (χ0) is 29.1. The van der Waals surface area contributed by atoms with E-state index in [9.17, 15) is 14.7 Å². The molecule has 0 aliphatic heterocycles. The molecule has 12 heteroatoms. The number of carbonyl (C=O) groups excluding carboxylic acids is 2. The Kier molecular flexibility index (Phi) is 8.40. The number of primary amides is 1. The fourth-order valence-corrected chi connectivity index (χ4v) is 4.75. The van der Waals surface area contributed by atoms with Crippen LogP contribution < -0.4 is 27.8 Å². The molecule has 2 unspecified atom stereocenters. The fraction of sp³-hybridized carbons (Fsp3) is 0.357. The van der Waals surface area contributed by atoms with E-state index in [1.165, 1.54) is 6.07 Å². The van der Waals surface area contributed by atoms with E-state index in [1.54, 1.807) is 31.2 Å². The van der Waals surface area contributed by atoms with Gasteiger partial charge in [-0.25, -0.2) is 9.97 Å². The number of anilines is 3. The van der Waals surface area contributed by atoms with Crippen molar-refractivity contribution in [2.45, 2.75) is 65.8 Å². The number of rotatable bonds is 11. The highest BCUT2D eigenvalue weighted by molar-refractivity contribution is 6.03. The summed E-state index contributed by atoms with van der Waals surface area (Å²) in [6, 6.07) is 8.19. The summed E-state index contributed by atoms with van der Waals surface area (Å²) in [6.07, 6.45) is 1.91. The third kappa shape index (κ3) is 5.92. The number of aryl methyl sites for hydroxylation is 3. The smallest absolute Gasteiger partial charge is 0.295 e. The Morgan fingerprint density at radius 2 is 1.90 bits per heavy atom. The first-order chi connectivity index (χ1) is 19.0. The number of oxazole rings is 1. The quantitative estimate of drug-likeness (QED) is 0.0913. The number of nitrogens with zero attached hydrogens (tertiary/aromatic N) is 3. The van der Waals surface area contributed by atoms with Crippen LogP contribution >= 0.6 is 0 Å². The Bertz CT molecular complexity index is 1560. The number of imidazole rings is 1. The van der Waals surface area contributed by atoms with E-state index >= 15 is 0 Å². The number of benzene rings is 2. The minimum Gasteiger partial charge on any atom is -0.436 e. The maximum atomic E-state index is 13.5. The predicted molar refractivity (Wildman–Crippen MR) is 154 cm³/mol. The molecule has 0 spiro atoms. The molecule has 2 heterocycles. The average Bonchev–Trinajstić information content (AvgIpc) is 3.45. The average molecular weight is 549 g/mol. The topological polar surface area (TPSA) is 200 Å². The van der Waals surface area contributed by atoms with Crippen LogP contribution in [-0.4, -0.2) is 31.5 Å². The number of aliphatic hydroxyl groups excluding tert-OH is 1. The summed E-state index contributed by atoms with van der Waals surface area (Å²) < 4.78 is 7.51. The molecule has 0 bridgehead atoms. The number of aromatic nitrogens is 3. The molecule has 12 nitrogen and oxygen atoms in total. The van der Waals surface area contributed by atoms with E-state index in [4.69, 9.17) is 21.6 Å². The number of amides is 2. The largest absolute Gasteiger partial charge is 0.436 e. The maximum Gasteiger partial charge on any atom is 0.295 e. The van der Waals surface area contributed by atoms with Gasteiger partial charge in [-0.2, -0.15) is 0 Å². The number of nitrogens with two attached hydrogens (primary N) is 3. The number of carbonyl (C=O) groups is 2. The molecule has 9 N–H and O–H groups in total. The van der Waals surface area contributed by atoms with Crippen LogP contribution in [0.15, 0.2) is 34.7 Å². The van der Waals surface area contributed by atoms with Crippen molar-refractivity contribution in [3.8, 4) is 0 Å². The van der Waals surface area contributed by atoms with Crippen LogP contribution in [0.4, 0.5) is 17.3 Å². The van der Waals surface area contributed by atoms with Crippen LogP contribution in [0.1, 0.15) is 89.1 Å². The van der Waals surface area contributed by atoms with Crippen molar-refractivity contribution in [2.24, 2.45) is 11.5 Å². The summed E-state index contributed by atoms with van der Waals surface area (Å²) in [5.74, 6) is -0.255. The van der Waals surface area contributed by atoms with Crippen molar-refractivity contribution in [3.05, 3.63) is 64.4 Å². The number of fused-ring (bicyclic) bond motifs is 1. The molecule has 0 aliphatic rings. The van der Waals surface area contributed by atoms with Crippen LogP contribution in [0.25, 0.3) is 11.0 Å². The van der Waals surface area contributed by atoms with Crippen LogP contribution in [0.2, 0.25) is 0 Å². The highest BCUT2D eigenvalue weighted by atomic mass is 16.4. The first kappa shape index (κ1) is 28.6. The molecule has 2 aromatic carbocycles. The second kappa shape index (κ2) is 11.8. The van der Waals surface area contributed by atoms with Gasteiger partial charge in [-0.15, -0.1) is 0 Å². The molecule has 2 amide bonds. The molecule has 2 atom stereocenters. The number of hydrogen-bond acceptors (Lipinski definition) is 9. The van der Waals surface area contributed by atoms with Gasteiger partial charge in [0.15, 0.2) is 5.89 Å². The summed E-state index contributed by atoms with van der Waals surface area (Å²) in [7, 11) is 0. The van der Waals surface area contributed by atoms with Gasteiger partial charge in [0.2, 0.25) is 17.6 Å². The zero-order valence-electron chi connectivity index (χ0n) is 23.1. The second-order valence-electron chi connectivity index (χ2n) is 9.86. The molecule has 0 saturated carbocycles. The van der Waals surface area contributed by atoms with Gasteiger partial charge in [0.25, 0.3) is 5.91 Å². The number of unbranched alkanes of at least 4 members (excludes halogenated alkanes) is 2. The standard InChI is InChI=1S/C28H36N8O4/c1-5-6-7-8-21-24(40-16(4)33-21)27(39)35-28-34-22-13-18(26(31)38)11-14(2)23(22)36(28)15(3)32-20-10-9-17(25(30)37)12-19(20)29/h9-13,15,26,32,38H,5-8,29,31H2,1-4H3,(H2,30,37)(H,34,35,39). The third-order valence-electron chi connectivity index (χ3n) is 6.68. The molecule has 212 valence electrons. The Morgan fingerprint density at radius 3 is 2.55 bits per heavy atom. The van der Waals surface area contributed by atoms with Gasteiger partial charge >= 0.3 is 0 Å². The molecular weight excluding hydrogens is 512 g/mol. The lowest BCUT2D eigenvalue weighted by Crippen LogP contribution is -2.22. The lowest BCUT2D eigenvalue weighted by molar-refractivity contribution is 0.0988. The normalized spacial score (nSPS) is 12.8. The van der Waals surface area contributed by atoms with Crippen molar-refractivity contribution in [3.63, 3.8) is 0 Å². The number of aliphatic hydroxyl groups is 1. The number of nitrogen functional groups attached to an aromatic ring is 1. The monoisotopic (exact) mass is 548 g/mol. The minimum absolute atomic E-state index is 0.147. The molecule has 0 aliphatic carbocycles. The Hall–Kier alpha value is -4.42. The van der Waals surface area contributed by atoms with Crippen molar-refractivity contribution in [1.82, 2.24) is 14.5 Å². The second-order valence-corrected chi connectivity index (χ2v) is 9.86. The van der Waals surface area contributed by atoms with Crippen LogP contribution in [0, 0.1) is 13.8 Å². The van der Waals surface area contributed by atoms with Crippen LogP contribution in [0.5, 0.6) is 0 Å². The van der Waals surface area contributed by atoms with E-state index in [1.807, 2.05) is 18.4 Å². The van der Waals surface area contributed by atoms with Gasteiger partial charge in [0, 0.05) is 12.5 Å². The fourth-order valence-electron chi connectivity index (χ4n) is 4.75. The summed E-state index contributed by atoms with van der Waals surface area (Å²) in [5, 5.41) is 16.2. The van der Waals surface area contributed by atoms with Gasteiger partial charge in [0.1, 0.15) is 12.4 Å². The Labute approximate surface area is 231 Å². The van der Waals surface area contributed by atoms with Crippen LogP contribution in [0.3, 0.4) is 0 Å². The summed E-state index contributed by atoms with van der Waals surface area (Å²) in [6.45, 7) is 7.56. The van der Waals surface area contributed by atoms with E-state index in [0.717, 1.165) is 24.8 Å². The van der Waals surface area contributed by atoms with Crippen molar-refractivity contribution < 1.29 is 19.1 Å². The number of hydrogen-bond donors (Lipinski definition) is 6. The lowest BCUT2D eigenvalue weighted by Gasteiger charge is -2.22. The molecule has 0 radical (unpaired) electrons. The molecule has 2 aromatic heterocycles. The van der Waals surface area contributed by atoms with Crippen molar-refractivity contribution in [1.29, 1.82) is 0 Å². The van der Waals surface area contributed by atoms with Gasteiger partial charge in [-0.05, 0) is 68.1 Å². The summed E-state index contributed by atoms with van der Waals surface area (Å²) in [4.78, 5) is 34.1. The summed E-state index contributed by atoms with van der Waals surface area (Å²) >= 11 is 0. The maximum absolute atomic E-state index is 13.5. The van der Waals surface area contributed by atoms with Crippen molar-refractivity contribution in [2.75, 3.05) is 16.4 Å². The lowest BCUT2D eigenvalue weighted by atomic mass is 10.1. The van der Waals surface area contributed by atoms with Crippen LogP contribution in [-0.2, 0) is 6.42 Å². The minimum atomic E-state index is -1.19. The first-order valence-corrected chi connectivity index (χ1v) is 13.2. The molecule has 40 heavy (non-hydrogen) atoms. The van der Waals surface area contributed by atoms with Gasteiger partial charge in [0.05, 0.1) is 28.1 Å².